The lowest BCUT2D eigenvalue weighted by molar-refractivity contribution is -0.138. The highest BCUT2D eigenvalue weighted by molar-refractivity contribution is 6.42. The summed E-state index contributed by atoms with van der Waals surface area (Å²) in [6.45, 7) is 0. The number of nitrogens with one attached hydrogen (secondary N) is 1. The van der Waals surface area contributed by atoms with Crippen LogP contribution in [0.4, 0.5) is 0 Å². The Hall–Kier alpha value is -1.30. The summed E-state index contributed by atoms with van der Waals surface area (Å²) < 4.78 is 0. The minimum atomic E-state index is -1.07. The zero-order valence-corrected chi connectivity index (χ0v) is 10.1. The number of benzene rings is 1. The summed E-state index contributed by atoms with van der Waals surface area (Å²) in [6.07, 6.45) is 0.124. The maximum atomic E-state index is 10.6. The van der Waals surface area contributed by atoms with Crippen molar-refractivity contribution in [2.24, 2.45) is 5.73 Å². The van der Waals surface area contributed by atoms with Crippen LogP contribution < -0.4 is 5.73 Å². The first kappa shape index (κ1) is 12.2. The van der Waals surface area contributed by atoms with Crippen molar-refractivity contribution in [3.8, 4) is 0 Å². The molecule has 0 aliphatic carbocycles. The summed E-state index contributed by atoms with van der Waals surface area (Å²) in [5, 5.41) is 9.51. The molecular formula is C10H9Cl2N3O2. The molecule has 2 aromatic rings. The molecule has 0 bridgehead atoms. The van der Waals surface area contributed by atoms with Crippen molar-refractivity contribution in [3.05, 3.63) is 28.0 Å². The highest BCUT2D eigenvalue weighted by Crippen LogP contribution is 2.26. The quantitative estimate of drug-likeness (QED) is 0.796. The van der Waals surface area contributed by atoms with Crippen LogP contribution in [0.2, 0.25) is 10.0 Å². The predicted molar refractivity (Wildman–Crippen MR) is 65.4 cm³/mol. The minimum Gasteiger partial charge on any atom is -0.480 e. The number of carboxylic acid groups (broad SMARTS) is 1. The maximum absolute atomic E-state index is 10.6. The molecule has 7 heteroatoms. The number of nitrogens with zero attached hydrogens (tertiary/aromatic N) is 1. The van der Waals surface area contributed by atoms with Crippen LogP contribution in [0.3, 0.4) is 0 Å². The van der Waals surface area contributed by atoms with Crippen LogP contribution in [0, 0.1) is 0 Å². The fraction of sp³-hybridized carbons (Fsp3) is 0.200. The molecule has 1 aromatic carbocycles. The Morgan fingerprint density at radius 3 is 2.76 bits per heavy atom. The molecule has 17 heavy (non-hydrogen) atoms. The number of rotatable bonds is 3. The zero-order valence-electron chi connectivity index (χ0n) is 8.58. The third-order valence-electron chi connectivity index (χ3n) is 2.30. The summed E-state index contributed by atoms with van der Waals surface area (Å²) in [6, 6.07) is 2.27. The number of H-pyrrole nitrogens is 1. The van der Waals surface area contributed by atoms with Gasteiger partial charge in [-0.3, -0.25) is 4.79 Å². The smallest absolute Gasteiger partial charge is 0.320 e. The normalized spacial score (nSPS) is 12.9. The van der Waals surface area contributed by atoms with E-state index in [1.165, 1.54) is 0 Å². The van der Waals surface area contributed by atoms with Gasteiger partial charge in [-0.05, 0) is 12.1 Å². The molecule has 0 aliphatic rings. The molecule has 5 nitrogen and oxygen atoms in total. The third-order valence-corrected chi connectivity index (χ3v) is 3.03. The number of aromatic amines is 1. The molecular weight excluding hydrogens is 265 g/mol. The fourth-order valence-corrected chi connectivity index (χ4v) is 1.77. The van der Waals surface area contributed by atoms with E-state index in [1.54, 1.807) is 12.1 Å². The van der Waals surface area contributed by atoms with Gasteiger partial charge in [0.25, 0.3) is 0 Å². The van der Waals surface area contributed by atoms with Gasteiger partial charge in [-0.25, -0.2) is 4.98 Å². The second kappa shape index (κ2) is 4.52. The van der Waals surface area contributed by atoms with Gasteiger partial charge in [-0.15, -0.1) is 0 Å². The van der Waals surface area contributed by atoms with E-state index in [9.17, 15) is 4.79 Å². The van der Waals surface area contributed by atoms with Gasteiger partial charge in [0.1, 0.15) is 11.9 Å². The Kier molecular flexibility index (Phi) is 3.24. The van der Waals surface area contributed by atoms with E-state index in [0.717, 1.165) is 0 Å². The van der Waals surface area contributed by atoms with Crippen molar-refractivity contribution in [1.29, 1.82) is 0 Å². The van der Waals surface area contributed by atoms with Crippen molar-refractivity contribution >= 4 is 40.2 Å². The lowest BCUT2D eigenvalue weighted by Gasteiger charge is -2.01. The molecule has 0 aliphatic heterocycles. The standard InChI is InChI=1S/C10H9Cl2N3O2/c11-4-1-7-8(2-5(4)12)15-9(14-7)3-6(13)10(16)17/h1-2,6H,3,13H2,(H,14,15)(H,16,17)/t6-/m1/s1. The Labute approximate surface area is 107 Å². The number of aromatic nitrogens is 2. The molecule has 1 aromatic heterocycles. The van der Waals surface area contributed by atoms with Gasteiger partial charge < -0.3 is 15.8 Å². The van der Waals surface area contributed by atoms with Crippen LogP contribution in [-0.2, 0) is 11.2 Å². The van der Waals surface area contributed by atoms with Gasteiger partial charge in [-0.1, -0.05) is 23.2 Å². The molecule has 1 heterocycles. The number of aliphatic carboxylic acids is 1. The summed E-state index contributed by atoms with van der Waals surface area (Å²) in [7, 11) is 0. The fourth-order valence-electron chi connectivity index (χ4n) is 1.45. The first-order valence-electron chi connectivity index (χ1n) is 4.79. The SMILES string of the molecule is N[C@H](Cc1nc2cc(Cl)c(Cl)cc2[nH]1)C(=O)O. The topological polar surface area (TPSA) is 92.0 Å². The lowest BCUT2D eigenvalue weighted by Crippen LogP contribution is -2.32. The van der Waals surface area contributed by atoms with Crippen molar-refractivity contribution in [1.82, 2.24) is 9.97 Å². The molecule has 1 atom stereocenters. The molecule has 4 N–H and O–H groups in total. The highest BCUT2D eigenvalue weighted by Gasteiger charge is 2.15. The van der Waals surface area contributed by atoms with Gasteiger partial charge in [0.2, 0.25) is 0 Å². The molecule has 0 unspecified atom stereocenters. The molecule has 0 amide bonds. The average molecular weight is 274 g/mol. The van der Waals surface area contributed by atoms with Crippen molar-refractivity contribution in [2.45, 2.75) is 12.5 Å². The van der Waals surface area contributed by atoms with Crippen LogP contribution in [0.25, 0.3) is 11.0 Å². The van der Waals surface area contributed by atoms with Crippen LogP contribution in [0.5, 0.6) is 0 Å². The van der Waals surface area contributed by atoms with E-state index >= 15 is 0 Å². The van der Waals surface area contributed by atoms with Gasteiger partial charge in [0, 0.05) is 6.42 Å². The van der Waals surface area contributed by atoms with E-state index in [0.29, 0.717) is 26.9 Å². The van der Waals surface area contributed by atoms with Crippen molar-refractivity contribution in [3.63, 3.8) is 0 Å². The number of nitrogens with two attached hydrogens (primary N) is 1. The number of hydrogen-bond acceptors (Lipinski definition) is 3. The van der Waals surface area contributed by atoms with Crippen LogP contribution >= 0.6 is 23.2 Å². The summed E-state index contributed by atoms with van der Waals surface area (Å²) >= 11 is 11.7. The van der Waals surface area contributed by atoms with Gasteiger partial charge >= 0.3 is 5.97 Å². The van der Waals surface area contributed by atoms with E-state index in [-0.39, 0.29) is 6.42 Å². The van der Waals surface area contributed by atoms with E-state index in [1.807, 2.05) is 0 Å². The van der Waals surface area contributed by atoms with Crippen LogP contribution in [0.1, 0.15) is 5.82 Å². The number of imidazole rings is 1. The van der Waals surface area contributed by atoms with Crippen molar-refractivity contribution in [2.75, 3.05) is 0 Å². The number of fused-ring (bicyclic) bond motifs is 1. The lowest BCUT2D eigenvalue weighted by atomic mass is 10.2. The molecule has 0 spiro atoms. The average Bonchev–Trinajstić information content (AvgIpc) is 2.60. The second-order valence-electron chi connectivity index (χ2n) is 3.62. The predicted octanol–water partition coefficient (Wildman–Crippen LogP) is 1.82. The van der Waals surface area contributed by atoms with Crippen molar-refractivity contribution < 1.29 is 9.90 Å². The maximum Gasteiger partial charge on any atom is 0.320 e. The Morgan fingerprint density at radius 1 is 1.47 bits per heavy atom. The summed E-state index contributed by atoms with van der Waals surface area (Å²) in [5.74, 6) is -0.574. The Balaban J connectivity index is 2.35. The van der Waals surface area contributed by atoms with Gasteiger partial charge in [0.05, 0.1) is 21.1 Å². The zero-order chi connectivity index (χ0) is 12.6. The first-order valence-corrected chi connectivity index (χ1v) is 5.55. The monoisotopic (exact) mass is 273 g/mol. The molecule has 0 saturated heterocycles. The molecule has 0 fully saturated rings. The number of carbonyl (C=O) groups is 1. The molecule has 0 radical (unpaired) electrons. The molecule has 0 saturated carbocycles. The Morgan fingerprint density at radius 2 is 2.12 bits per heavy atom. The van der Waals surface area contributed by atoms with Crippen LogP contribution in [-0.4, -0.2) is 27.1 Å². The van der Waals surface area contributed by atoms with Gasteiger partial charge in [-0.2, -0.15) is 0 Å². The molecule has 2 rings (SSSR count). The number of hydrogen-bond donors (Lipinski definition) is 3. The van der Waals surface area contributed by atoms with Crippen LogP contribution in [0.15, 0.2) is 12.1 Å². The second-order valence-corrected chi connectivity index (χ2v) is 4.43. The number of carboxylic acids is 1. The molecule has 90 valence electrons. The number of halogens is 2. The summed E-state index contributed by atoms with van der Waals surface area (Å²) in [4.78, 5) is 17.8. The van der Waals surface area contributed by atoms with E-state index < -0.39 is 12.0 Å². The largest absolute Gasteiger partial charge is 0.480 e. The minimum absolute atomic E-state index is 0.124. The van der Waals surface area contributed by atoms with Gasteiger partial charge in [0.15, 0.2) is 0 Å². The first-order chi connectivity index (χ1) is 7.97. The summed E-state index contributed by atoms with van der Waals surface area (Å²) in [5.41, 5.74) is 6.75. The van der Waals surface area contributed by atoms with E-state index in [2.05, 4.69) is 9.97 Å². The Bertz CT molecular complexity index is 543. The highest BCUT2D eigenvalue weighted by atomic mass is 35.5. The van der Waals surface area contributed by atoms with E-state index in [4.69, 9.17) is 34.0 Å². The third kappa shape index (κ3) is 2.52.